The number of hydrogen-bond acceptors (Lipinski definition) is 5. The molecule has 0 aliphatic heterocycles. The fourth-order valence-corrected chi connectivity index (χ4v) is 3.78. The topological polar surface area (TPSA) is 61.8 Å². The van der Waals surface area contributed by atoms with Gasteiger partial charge in [0.05, 0.1) is 19.8 Å². The lowest BCUT2D eigenvalue weighted by molar-refractivity contribution is -0.163. The number of unbranched alkanes of at least 4 members (excludes halogenated alkanes) is 2. The molecule has 2 unspecified atom stereocenters. The molecule has 5 heteroatoms. The summed E-state index contributed by atoms with van der Waals surface area (Å²) in [6.07, 6.45) is 8.71. The second-order valence-corrected chi connectivity index (χ2v) is 8.93. The minimum absolute atomic E-state index is 0.265. The number of rotatable bonds is 18. The van der Waals surface area contributed by atoms with Crippen molar-refractivity contribution < 1.29 is 23.8 Å². The van der Waals surface area contributed by atoms with E-state index in [0.717, 1.165) is 62.7 Å². The molecular weight excluding hydrogens is 416 g/mol. The molecule has 0 N–H and O–H groups in total. The van der Waals surface area contributed by atoms with E-state index in [9.17, 15) is 9.59 Å². The van der Waals surface area contributed by atoms with Crippen molar-refractivity contribution in [2.45, 2.75) is 92.4 Å². The van der Waals surface area contributed by atoms with E-state index in [4.69, 9.17) is 14.2 Å². The Bertz CT molecular complexity index is 623. The number of benzene rings is 1. The van der Waals surface area contributed by atoms with Gasteiger partial charge in [-0.25, -0.2) is 0 Å². The molecule has 1 aromatic carbocycles. The first-order chi connectivity index (χ1) is 16.0. The van der Waals surface area contributed by atoms with Crippen LogP contribution in [0.4, 0.5) is 0 Å². The molecule has 188 valence electrons. The van der Waals surface area contributed by atoms with E-state index < -0.39 is 17.9 Å². The first-order valence-corrected chi connectivity index (χ1v) is 13.0. The van der Waals surface area contributed by atoms with Crippen molar-refractivity contribution >= 4 is 11.9 Å². The highest BCUT2D eigenvalue weighted by atomic mass is 16.6. The fourth-order valence-electron chi connectivity index (χ4n) is 3.78. The van der Waals surface area contributed by atoms with E-state index in [0.29, 0.717) is 31.7 Å². The Morgan fingerprint density at radius 2 is 1.24 bits per heavy atom. The maximum atomic E-state index is 13.0. The van der Waals surface area contributed by atoms with Crippen LogP contribution in [-0.2, 0) is 25.5 Å². The Kier molecular flexibility index (Phi) is 15.3. The average molecular weight is 463 g/mol. The molecule has 33 heavy (non-hydrogen) atoms. The van der Waals surface area contributed by atoms with E-state index in [1.807, 2.05) is 31.2 Å². The van der Waals surface area contributed by atoms with Crippen molar-refractivity contribution in [2.24, 2.45) is 17.8 Å². The van der Waals surface area contributed by atoms with Crippen LogP contribution >= 0.6 is 0 Å². The van der Waals surface area contributed by atoms with Crippen LogP contribution < -0.4 is 4.74 Å². The number of carbonyl (C=O) groups excluding carboxylic acids is 2. The van der Waals surface area contributed by atoms with Gasteiger partial charge in [-0.1, -0.05) is 78.4 Å². The third kappa shape index (κ3) is 11.6. The van der Waals surface area contributed by atoms with Crippen LogP contribution in [0, 0.1) is 17.8 Å². The van der Waals surface area contributed by atoms with Gasteiger partial charge in [-0.2, -0.15) is 0 Å². The lowest BCUT2D eigenvalue weighted by atomic mass is 9.98. The zero-order valence-corrected chi connectivity index (χ0v) is 21.6. The van der Waals surface area contributed by atoms with Gasteiger partial charge in [-0.3, -0.25) is 9.59 Å². The van der Waals surface area contributed by atoms with Crippen molar-refractivity contribution in [1.82, 2.24) is 0 Å². The minimum Gasteiger partial charge on any atom is -0.494 e. The predicted octanol–water partition coefficient (Wildman–Crippen LogP) is 6.76. The molecule has 1 rings (SSSR count). The summed E-state index contributed by atoms with van der Waals surface area (Å²) in [5, 5.41) is 0. The van der Waals surface area contributed by atoms with Crippen molar-refractivity contribution in [3.63, 3.8) is 0 Å². The highest BCUT2D eigenvalue weighted by molar-refractivity contribution is 5.95. The van der Waals surface area contributed by atoms with E-state index in [2.05, 4.69) is 27.7 Å². The largest absolute Gasteiger partial charge is 0.494 e. The van der Waals surface area contributed by atoms with Crippen molar-refractivity contribution in [3.8, 4) is 5.75 Å². The molecule has 5 nitrogen and oxygen atoms in total. The Balaban J connectivity index is 2.85. The van der Waals surface area contributed by atoms with Crippen molar-refractivity contribution in [3.05, 3.63) is 29.8 Å². The Morgan fingerprint density at radius 3 is 1.64 bits per heavy atom. The van der Waals surface area contributed by atoms with E-state index in [1.165, 1.54) is 0 Å². The SMILES string of the molecule is CCCCC(CC)COC(=O)C(Cc1ccc(OCC)cc1)C(=O)OCC(CC)CCCC. The summed E-state index contributed by atoms with van der Waals surface area (Å²) in [5.41, 5.74) is 0.883. The van der Waals surface area contributed by atoms with Crippen LogP contribution in [-0.4, -0.2) is 31.8 Å². The predicted molar refractivity (Wildman–Crippen MR) is 133 cm³/mol. The molecule has 0 saturated carbocycles. The Morgan fingerprint density at radius 1 is 0.758 bits per heavy atom. The molecule has 2 atom stereocenters. The molecule has 0 aromatic heterocycles. The summed E-state index contributed by atoms with van der Waals surface area (Å²) in [6.45, 7) is 11.8. The van der Waals surface area contributed by atoms with Gasteiger partial charge in [0, 0.05) is 0 Å². The van der Waals surface area contributed by atoms with Gasteiger partial charge in [-0.15, -0.1) is 0 Å². The van der Waals surface area contributed by atoms with Crippen molar-refractivity contribution in [1.29, 1.82) is 0 Å². The molecule has 1 aromatic rings. The molecule has 0 aliphatic carbocycles. The molecule has 0 heterocycles. The maximum Gasteiger partial charge on any atom is 0.320 e. The zero-order chi connectivity index (χ0) is 24.5. The minimum atomic E-state index is -0.949. The molecule has 0 fully saturated rings. The molecule has 0 spiro atoms. The molecule has 0 saturated heterocycles. The van der Waals surface area contributed by atoms with E-state index in [1.54, 1.807) is 0 Å². The second-order valence-electron chi connectivity index (χ2n) is 8.93. The molecule has 0 amide bonds. The van der Waals surface area contributed by atoms with Gasteiger partial charge in [0.15, 0.2) is 5.92 Å². The van der Waals surface area contributed by atoms with Crippen LogP contribution in [0.15, 0.2) is 24.3 Å². The zero-order valence-electron chi connectivity index (χ0n) is 21.6. The summed E-state index contributed by atoms with van der Waals surface area (Å²) in [7, 11) is 0. The monoisotopic (exact) mass is 462 g/mol. The summed E-state index contributed by atoms with van der Waals surface area (Å²) >= 11 is 0. The lowest BCUT2D eigenvalue weighted by Gasteiger charge is -2.20. The Hall–Kier alpha value is -2.04. The standard InChI is InChI=1S/C28H46O5/c1-6-11-13-22(8-3)20-32-27(29)26(19-24-15-17-25(18-16-24)31-10-5)28(30)33-21-23(9-4)14-12-7-2/h15-18,22-23,26H,6-14,19-21H2,1-5H3. The quantitative estimate of drug-likeness (QED) is 0.178. The van der Waals surface area contributed by atoms with Crippen LogP contribution in [0.25, 0.3) is 0 Å². The summed E-state index contributed by atoms with van der Waals surface area (Å²) in [6, 6.07) is 7.51. The Labute approximate surface area is 201 Å². The number of carbonyl (C=O) groups is 2. The summed E-state index contributed by atoms with van der Waals surface area (Å²) in [4.78, 5) is 26.0. The maximum absolute atomic E-state index is 13.0. The van der Waals surface area contributed by atoms with Crippen LogP contribution in [0.2, 0.25) is 0 Å². The van der Waals surface area contributed by atoms with Crippen LogP contribution in [0.3, 0.4) is 0 Å². The number of ether oxygens (including phenoxy) is 3. The lowest BCUT2D eigenvalue weighted by Crippen LogP contribution is -2.32. The number of hydrogen-bond donors (Lipinski definition) is 0. The van der Waals surface area contributed by atoms with Gasteiger partial charge in [0.25, 0.3) is 0 Å². The highest BCUT2D eigenvalue weighted by Crippen LogP contribution is 2.20. The van der Waals surface area contributed by atoms with Crippen LogP contribution in [0.5, 0.6) is 5.75 Å². The fraction of sp³-hybridized carbons (Fsp3) is 0.714. The number of esters is 2. The van der Waals surface area contributed by atoms with E-state index >= 15 is 0 Å². The van der Waals surface area contributed by atoms with Crippen molar-refractivity contribution in [2.75, 3.05) is 19.8 Å². The van der Waals surface area contributed by atoms with Gasteiger partial charge in [0.1, 0.15) is 5.75 Å². The molecule has 0 aliphatic rings. The third-order valence-electron chi connectivity index (χ3n) is 6.25. The van der Waals surface area contributed by atoms with E-state index in [-0.39, 0.29) is 6.42 Å². The first-order valence-electron chi connectivity index (χ1n) is 13.0. The molecular formula is C28H46O5. The van der Waals surface area contributed by atoms with Gasteiger partial charge in [0.2, 0.25) is 0 Å². The van der Waals surface area contributed by atoms with Gasteiger partial charge < -0.3 is 14.2 Å². The normalized spacial score (nSPS) is 13.7. The summed E-state index contributed by atoms with van der Waals surface area (Å²) in [5.74, 6) is -0.485. The van der Waals surface area contributed by atoms with Gasteiger partial charge in [-0.05, 0) is 55.7 Å². The average Bonchev–Trinajstić information content (AvgIpc) is 2.83. The van der Waals surface area contributed by atoms with Crippen LogP contribution in [0.1, 0.15) is 91.5 Å². The second kappa shape index (κ2) is 17.4. The smallest absolute Gasteiger partial charge is 0.320 e. The van der Waals surface area contributed by atoms with Gasteiger partial charge >= 0.3 is 11.9 Å². The molecule has 0 bridgehead atoms. The third-order valence-corrected chi connectivity index (χ3v) is 6.25. The highest BCUT2D eigenvalue weighted by Gasteiger charge is 2.31. The molecule has 0 radical (unpaired) electrons. The first kappa shape index (κ1) is 29.0. The summed E-state index contributed by atoms with van der Waals surface area (Å²) < 4.78 is 16.8.